The van der Waals surface area contributed by atoms with Gasteiger partial charge in [-0.15, -0.1) is 0 Å². The van der Waals surface area contributed by atoms with Crippen molar-refractivity contribution in [1.82, 2.24) is 15.2 Å². The summed E-state index contributed by atoms with van der Waals surface area (Å²) in [6.45, 7) is 0. The molecule has 0 saturated carbocycles. The van der Waals surface area contributed by atoms with Crippen LogP contribution in [0.15, 0.2) is 18.5 Å². The number of carbonyl (C=O) groups excluding carboxylic acids is 1. The van der Waals surface area contributed by atoms with Crippen molar-refractivity contribution in [3.63, 3.8) is 0 Å². The second-order valence-corrected chi connectivity index (χ2v) is 6.11. The molecule has 6 nitrogen and oxygen atoms in total. The van der Waals surface area contributed by atoms with Gasteiger partial charge in [0.2, 0.25) is 0 Å². The van der Waals surface area contributed by atoms with Gasteiger partial charge in [0, 0.05) is 30.5 Å². The van der Waals surface area contributed by atoms with E-state index in [2.05, 4.69) is 27.7 Å². The number of nitrogens with zero attached hydrogens (tertiary/aromatic N) is 2. The molecule has 2 unspecified atom stereocenters. The highest BCUT2D eigenvalue weighted by Crippen LogP contribution is 2.32. The zero-order valence-electron chi connectivity index (χ0n) is 12.4. The molecule has 2 atom stereocenters. The molecule has 0 aromatic carbocycles. The predicted molar refractivity (Wildman–Crippen MR) is 81.7 cm³/mol. The molecule has 1 aromatic heterocycles. The topological polar surface area (TPSA) is 83.3 Å². The number of hydrazine groups is 1. The van der Waals surface area contributed by atoms with Gasteiger partial charge < -0.3 is 15.6 Å². The number of nitrogen functional groups attached to an aromatic ring is 1. The Bertz CT molecular complexity index is 507. The molecule has 2 aliphatic rings. The maximum absolute atomic E-state index is 12.4. The fraction of sp³-hybridized carbons (Fsp3) is 0.600. The normalized spacial score (nSPS) is 29.0. The third-order valence-electron chi connectivity index (χ3n) is 4.90. The van der Waals surface area contributed by atoms with Crippen LogP contribution in [0.5, 0.6) is 0 Å². The van der Waals surface area contributed by atoms with Crippen LogP contribution in [0.1, 0.15) is 42.5 Å². The summed E-state index contributed by atoms with van der Waals surface area (Å²) in [5.74, 6) is 5.36. The van der Waals surface area contributed by atoms with Crippen molar-refractivity contribution in [2.75, 3.05) is 12.5 Å². The lowest BCUT2D eigenvalue weighted by Crippen LogP contribution is -2.55. The summed E-state index contributed by atoms with van der Waals surface area (Å²) in [6.07, 6.45) is 9.02. The molecule has 2 fully saturated rings. The molecule has 2 bridgehead atoms. The molecule has 1 aromatic rings. The highest BCUT2D eigenvalue weighted by atomic mass is 16.1. The van der Waals surface area contributed by atoms with E-state index in [0.717, 1.165) is 12.8 Å². The van der Waals surface area contributed by atoms with Crippen LogP contribution in [0.25, 0.3) is 0 Å². The van der Waals surface area contributed by atoms with Crippen molar-refractivity contribution < 1.29 is 4.79 Å². The summed E-state index contributed by atoms with van der Waals surface area (Å²) in [5.41, 5.74) is 3.66. The molecular formula is C15H23N5O. The average Bonchev–Trinajstić information content (AvgIpc) is 2.48. The minimum absolute atomic E-state index is 0.0938. The van der Waals surface area contributed by atoms with E-state index in [9.17, 15) is 4.79 Å². The number of piperidine rings is 2. The van der Waals surface area contributed by atoms with E-state index in [0.29, 0.717) is 23.3 Å². The number of anilines is 1. The smallest absolute Gasteiger partial charge is 0.255 e. The van der Waals surface area contributed by atoms with Gasteiger partial charge in [-0.3, -0.25) is 15.6 Å². The largest absolute Gasteiger partial charge is 0.349 e. The summed E-state index contributed by atoms with van der Waals surface area (Å²) in [7, 11) is 2.21. The van der Waals surface area contributed by atoms with Gasteiger partial charge in [0.05, 0.1) is 11.3 Å². The number of nitrogens with two attached hydrogens (primary N) is 1. The first-order chi connectivity index (χ1) is 10.2. The van der Waals surface area contributed by atoms with E-state index in [4.69, 9.17) is 5.84 Å². The lowest BCUT2D eigenvalue weighted by atomic mass is 9.82. The lowest BCUT2D eigenvalue weighted by Gasteiger charge is -2.47. The third-order valence-corrected chi connectivity index (χ3v) is 4.90. The van der Waals surface area contributed by atoms with Gasteiger partial charge in [-0.25, -0.2) is 0 Å². The summed E-state index contributed by atoms with van der Waals surface area (Å²) >= 11 is 0. The predicted octanol–water partition coefficient (Wildman–Crippen LogP) is 1.11. The minimum Gasteiger partial charge on any atom is -0.349 e. The van der Waals surface area contributed by atoms with Gasteiger partial charge in [0.1, 0.15) is 0 Å². The maximum Gasteiger partial charge on any atom is 0.255 e. The Labute approximate surface area is 125 Å². The third kappa shape index (κ3) is 2.87. The molecule has 2 saturated heterocycles. The van der Waals surface area contributed by atoms with Crippen LogP contribution in [0, 0.1) is 0 Å². The second-order valence-electron chi connectivity index (χ2n) is 6.11. The Morgan fingerprint density at radius 2 is 2.10 bits per heavy atom. The molecule has 1 amide bonds. The van der Waals surface area contributed by atoms with Crippen molar-refractivity contribution in [1.29, 1.82) is 0 Å². The van der Waals surface area contributed by atoms with Crippen LogP contribution in [-0.4, -0.2) is 41.0 Å². The number of rotatable bonds is 3. The number of fused-ring (bicyclic) bond motifs is 2. The number of carbonyl (C=O) groups is 1. The van der Waals surface area contributed by atoms with Gasteiger partial charge in [0.15, 0.2) is 0 Å². The average molecular weight is 289 g/mol. The molecule has 4 N–H and O–H groups in total. The summed E-state index contributed by atoms with van der Waals surface area (Å²) in [5, 5.41) is 3.16. The zero-order chi connectivity index (χ0) is 14.8. The number of nitrogens with one attached hydrogen (secondary N) is 2. The summed E-state index contributed by atoms with van der Waals surface area (Å²) < 4.78 is 0. The SMILES string of the molecule is CN1C2CCCC1CC(NC(=O)c1cnccc1NN)C2. The fourth-order valence-corrected chi connectivity index (χ4v) is 3.70. The lowest BCUT2D eigenvalue weighted by molar-refractivity contribution is 0.0463. The van der Waals surface area contributed by atoms with Crippen LogP contribution in [0.3, 0.4) is 0 Å². The zero-order valence-corrected chi connectivity index (χ0v) is 12.4. The van der Waals surface area contributed by atoms with Crippen molar-refractivity contribution in [3.05, 3.63) is 24.0 Å². The quantitative estimate of drug-likeness (QED) is 0.573. The standard InChI is InChI=1S/C15H23N5O/c1-20-11-3-2-4-12(20)8-10(7-11)18-15(21)13-9-17-6-5-14(13)19-16/h5-6,9-12H,2-4,7-8,16H2,1H3,(H,17,19)(H,18,21). The van der Waals surface area contributed by atoms with E-state index < -0.39 is 0 Å². The Kier molecular flexibility index (Phi) is 4.07. The highest BCUT2D eigenvalue weighted by Gasteiger charge is 2.36. The highest BCUT2D eigenvalue weighted by molar-refractivity contribution is 5.99. The first-order valence-corrected chi connectivity index (χ1v) is 7.62. The van der Waals surface area contributed by atoms with Crippen LogP contribution in [0.2, 0.25) is 0 Å². The van der Waals surface area contributed by atoms with Gasteiger partial charge >= 0.3 is 0 Å². The summed E-state index contributed by atoms with van der Waals surface area (Å²) in [4.78, 5) is 18.9. The molecule has 21 heavy (non-hydrogen) atoms. The molecule has 0 radical (unpaired) electrons. The fourth-order valence-electron chi connectivity index (χ4n) is 3.70. The maximum atomic E-state index is 12.4. The number of amides is 1. The van der Waals surface area contributed by atoms with Crippen molar-refractivity contribution in [2.45, 2.75) is 50.2 Å². The molecule has 3 heterocycles. The number of hydrogen-bond donors (Lipinski definition) is 3. The van der Waals surface area contributed by atoms with Gasteiger partial charge in [-0.1, -0.05) is 6.42 Å². The number of aromatic nitrogens is 1. The Hall–Kier alpha value is -1.66. The van der Waals surface area contributed by atoms with Crippen molar-refractivity contribution in [3.8, 4) is 0 Å². The van der Waals surface area contributed by atoms with Crippen LogP contribution in [-0.2, 0) is 0 Å². The van der Waals surface area contributed by atoms with E-state index in [1.54, 1.807) is 18.5 Å². The minimum atomic E-state index is -0.0938. The van der Waals surface area contributed by atoms with Crippen LogP contribution >= 0.6 is 0 Å². The van der Waals surface area contributed by atoms with Crippen molar-refractivity contribution in [2.24, 2.45) is 5.84 Å². The monoisotopic (exact) mass is 289 g/mol. The van der Waals surface area contributed by atoms with Crippen LogP contribution < -0.4 is 16.6 Å². The Morgan fingerprint density at radius 3 is 2.76 bits per heavy atom. The molecule has 3 rings (SSSR count). The Balaban J connectivity index is 1.68. The second kappa shape index (κ2) is 5.99. The summed E-state index contributed by atoms with van der Waals surface area (Å²) in [6, 6.07) is 3.15. The number of hydrogen-bond acceptors (Lipinski definition) is 5. The van der Waals surface area contributed by atoms with Gasteiger partial charge in [0.25, 0.3) is 5.91 Å². The first kappa shape index (κ1) is 14.3. The molecule has 0 aliphatic carbocycles. The van der Waals surface area contributed by atoms with E-state index in [1.165, 1.54) is 19.3 Å². The first-order valence-electron chi connectivity index (χ1n) is 7.62. The van der Waals surface area contributed by atoms with E-state index in [1.807, 2.05) is 0 Å². The van der Waals surface area contributed by atoms with Gasteiger partial charge in [-0.2, -0.15) is 0 Å². The van der Waals surface area contributed by atoms with Crippen molar-refractivity contribution >= 4 is 11.6 Å². The van der Waals surface area contributed by atoms with E-state index >= 15 is 0 Å². The molecule has 6 heteroatoms. The molecule has 114 valence electrons. The Morgan fingerprint density at radius 1 is 1.38 bits per heavy atom. The van der Waals surface area contributed by atoms with Gasteiger partial charge in [-0.05, 0) is 38.8 Å². The molecule has 2 aliphatic heterocycles. The van der Waals surface area contributed by atoms with E-state index in [-0.39, 0.29) is 11.9 Å². The molecule has 0 spiro atoms. The molecular weight excluding hydrogens is 266 g/mol. The number of pyridine rings is 1. The van der Waals surface area contributed by atoms with Crippen LogP contribution in [0.4, 0.5) is 5.69 Å².